The lowest BCUT2D eigenvalue weighted by atomic mass is 9.94. The van der Waals surface area contributed by atoms with Crippen molar-refractivity contribution in [1.82, 2.24) is 10.3 Å². The SMILES string of the molecule is CCC(OC1CCN(C(=O)CC(C)C(=O)c2ccc(C=NNC(=O)OC(C)(C)C)cc2)CC1)C(=O)O. The van der Waals surface area contributed by atoms with Crippen LogP contribution >= 0.6 is 0 Å². The molecule has 1 heterocycles. The minimum Gasteiger partial charge on any atom is -0.479 e. The van der Waals surface area contributed by atoms with Gasteiger partial charge in [0.05, 0.1) is 12.3 Å². The summed E-state index contributed by atoms with van der Waals surface area (Å²) in [6.45, 7) is 9.71. The Labute approximate surface area is 212 Å². The Morgan fingerprint density at radius 2 is 1.78 bits per heavy atom. The first-order chi connectivity index (χ1) is 16.9. The van der Waals surface area contributed by atoms with Crippen LogP contribution in [0.4, 0.5) is 4.79 Å². The Morgan fingerprint density at radius 1 is 1.17 bits per heavy atom. The van der Waals surface area contributed by atoms with Crippen LogP contribution in [-0.2, 0) is 19.1 Å². The molecule has 198 valence electrons. The number of carbonyl (C=O) groups excluding carboxylic acids is 3. The number of Topliss-reactive ketones (excluding diaryl/α,β-unsaturated/α-hetero) is 1. The molecule has 10 nitrogen and oxygen atoms in total. The smallest absolute Gasteiger partial charge is 0.428 e. The van der Waals surface area contributed by atoms with E-state index in [1.807, 2.05) is 0 Å². The monoisotopic (exact) mass is 503 g/mol. The number of carboxylic acid groups (broad SMARTS) is 1. The number of nitrogens with zero attached hydrogens (tertiary/aromatic N) is 2. The van der Waals surface area contributed by atoms with Crippen LogP contribution in [0.2, 0.25) is 0 Å². The summed E-state index contributed by atoms with van der Waals surface area (Å²) < 4.78 is 10.7. The quantitative estimate of drug-likeness (QED) is 0.283. The van der Waals surface area contributed by atoms with Gasteiger partial charge in [-0.05, 0) is 45.6 Å². The first kappa shape index (κ1) is 29.0. The number of aliphatic carboxylic acids is 1. The van der Waals surface area contributed by atoms with E-state index in [0.29, 0.717) is 43.5 Å². The minimum atomic E-state index is -0.971. The first-order valence-electron chi connectivity index (χ1n) is 12.2. The maximum Gasteiger partial charge on any atom is 0.428 e. The van der Waals surface area contributed by atoms with Gasteiger partial charge in [0.2, 0.25) is 5.91 Å². The van der Waals surface area contributed by atoms with Crippen LogP contribution in [0.15, 0.2) is 29.4 Å². The summed E-state index contributed by atoms with van der Waals surface area (Å²) in [5.41, 5.74) is 2.83. The third kappa shape index (κ3) is 9.41. The Balaban J connectivity index is 1.82. The number of rotatable bonds is 10. The zero-order valence-electron chi connectivity index (χ0n) is 21.7. The average molecular weight is 504 g/mol. The Kier molecular flexibility index (Phi) is 10.6. The minimum absolute atomic E-state index is 0.0973. The Morgan fingerprint density at radius 3 is 2.31 bits per heavy atom. The van der Waals surface area contributed by atoms with Crippen LogP contribution in [0.25, 0.3) is 0 Å². The predicted octanol–water partition coefficient (Wildman–Crippen LogP) is 3.62. The molecule has 1 saturated heterocycles. The number of carbonyl (C=O) groups is 4. The molecule has 2 amide bonds. The highest BCUT2D eigenvalue weighted by Gasteiger charge is 2.29. The zero-order chi connectivity index (χ0) is 26.9. The number of amides is 2. The number of hydrazone groups is 1. The zero-order valence-corrected chi connectivity index (χ0v) is 21.7. The van der Waals surface area contributed by atoms with Gasteiger partial charge in [0.25, 0.3) is 0 Å². The number of piperidine rings is 1. The van der Waals surface area contributed by atoms with Gasteiger partial charge in [-0.2, -0.15) is 5.10 Å². The van der Waals surface area contributed by atoms with Gasteiger partial charge in [-0.25, -0.2) is 15.0 Å². The number of carboxylic acids is 1. The maximum absolute atomic E-state index is 12.8. The van der Waals surface area contributed by atoms with Gasteiger partial charge in [0.1, 0.15) is 5.60 Å². The summed E-state index contributed by atoms with van der Waals surface area (Å²) in [6.07, 6.45) is 1.41. The predicted molar refractivity (Wildman–Crippen MR) is 134 cm³/mol. The van der Waals surface area contributed by atoms with Crippen LogP contribution in [0.3, 0.4) is 0 Å². The fourth-order valence-corrected chi connectivity index (χ4v) is 3.76. The van der Waals surface area contributed by atoms with E-state index in [-0.39, 0.29) is 24.2 Å². The van der Waals surface area contributed by atoms with Gasteiger partial charge >= 0.3 is 12.1 Å². The molecule has 36 heavy (non-hydrogen) atoms. The summed E-state index contributed by atoms with van der Waals surface area (Å²) in [4.78, 5) is 50.0. The molecule has 1 fully saturated rings. The lowest BCUT2D eigenvalue weighted by Gasteiger charge is -2.33. The van der Waals surface area contributed by atoms with Gasteiger partial charge in [0, 0.05) is 31.0 Å². The molecule has 2 rings (SSSR count). The third-order valence-corrected chi connectivity index (χ3v) is 5.69. The highest BCUT2D eigenvalue weighted by atomic mass is 16.6. The summed E-state index contributed by atoms with van der Waals surface area (Å²) in [7, 11) is 0. The van der Waals surface area contributed by atoms with Crippen molar-refractivity contribution in [3.8, 4) is 0 Å². The standard InChI is InChI=1S/C26H37N3O7/c1-6-21(24(32)33)35-20-11-13-29(14-12-20)22(30)15-17(2)23(31)19-9-7-18(8-10-19)16-27-28-25(34)36-26(3,4)5/h7-10,16-17,20-21H,6,11-15H2,1-5H3,(H,28,34)(H,32,33). The molecule has 1 aliphatic rings. The van der Waals surface area contributed by atoms with Crippen molar-refractivity contribution < 1.29 is 33.8 Å². The van der Waals surface area contributed by atoms with E-state index < -0.39 is 29.7 Å². The summed E-state index contributed by atoms with van der Waals surface area (Å²) in [5, 5.41) is 13.0. The largest absolute Gasteiger partial charge is 0.479 e. The molecule has 1 aromatic rings. The lowest BCUT2D eigenvalue weighted by Crippen LogP contribution is -2.43. The molecule has 1 aromatic carbocycles. The fraction of sp³-hybridized carbons (Fsp3) is 0.577. The summed E-state index contributed by atoms with van der Waals surface area (Å²) in [5.74, 6) is -1.70. The number of hydrogen-bond acceptors (Lipinski definition) is 7. The summed E-state index contributed by atoms with van der Waals surface area (Å²) in [6, 6.07) is 6.72. The van der Waals surface area contributed by atoms with Crippen LogP contribution in [0, 0.1) is 5.92 Å². The second kappa shape index (κ2) is 13.2. The lowest BCUT2D eigenvalue weighted by molar-refractivity contribution is -0.157. The molecule has 2 unspecified atom stereocenters. The molecule has 0 radical (unpaired) electrons. The highest BCUT2D eigenvalue weighted by Crippen LogP contribution is 2.20. The molecule has 0 spiro atoms. The van der Waals surface area contributed by atoms with E-state index in [9.17, 15) is 19.2 Å². The van der Waals surface area contributed by atoms with Gasteiger partial charge < -0.3 is 19.5 Å². The Bertz CT molecular complexity index is 945. The second-order valence-electron chi connectivity index (χ2n) is 9.91. The van der Waals surface area contributed by atoms with Crippen molar-refractivity contribution in [3.05, 3.63) is 35.4 Å². The molecule has 2 N–H and O–H groups in total. The van der Waals surface area contributed by atoms with Crippen molar-refractivity contribution in [3.63, 3.8) is 0 Å². The number of nitrogens with one attached hydrogen (secondary N) is 1. The van der Waals surface area contributed by atoms with E-state index in [1.54, 1.807) is 63.8 Å². The molecular formula is C26H37N3O7. The number of benzene rings is 1. The molecule has 2 atom stereocenters. The Hall–Kier alpha value is -3.27. The number of ketones is 1. The number of ether oxygens (including phenoxy) is 2. The fourth-order valence-electron chi connectivity index (χ4n) is 3.76. The molecule has 0 saturated carbocycles. The van der Waals surface area contributed by atoms with Gasteiger partial charge in [-0.15, -0.1) is 0 Å². The van der Waals surface area contributed by atoms with E-state index in [4.69, 9.17) is 14.6 Å². The topological polar surface area (TPSA) is 135 Å². The van der Waals surface area contributed by atoms with Crippen LogP contribution < -0.4 is 5.43 Å². The van der Waals surface area contributed by atoms with Gasteiger partial charge in [0.15, 0.2) is 11.9 Å². The van der Waals surface area contributed by atoms with Crippen molar-refractivity contribution in [1.29, 1.82) is 0 Å². The van der Waals surface area contributed by atoms with Crippen molar-refractivity contribution in [2.45, 2.75) is 78.1 Å². The van der Waals surface area contributed by atoms with Crippen molar-refractivity contribution >= 4 is 30.0 Å². The van der Waals surface area contributed by atoms with Gasteiger partial charge in [-0.3, -0.25) is 9.59 Å². The van der Waals surface area contributed by atoms with Crippen LogP contribution in [-0.4, -0.2) is 70.9 Å². The summed E-state index contributed by atoms with van der Waals surface area (Å²) >= 11 is 0. The first-order valence-corrected chi connectivity index (χ1v) is 12.2. The molecule has 0 aliphatic carbocycles. The van der Waals surface area contributed by atoms with Crippen LogP contribution in [0.5, 0.6) is 0 Å². The number of hydrogen-bond donors (Lipinski definition) is 2. The van der Waals surface area contributed by atoms with E-state index in [2.05, 4.69) is 10.5 Å². The molecule has 10 heteroatoms. The van der Waals surface area contributed by atoms with Crippen LogP contribution in [0.1, 0.15) is 76.2 Å². The average Bonchev–Trinajstić information content (AvgIpc) is 2.81. The van der Waals surface area contributed by atoms with Gasteiger partial charge in [-0.1, -0.05) is 38.1 Å². The van der Waals surface area contributed by atoms with Crippen molar-refractivity contribution in [2.75, 3.05) is 13.1 Å². The molecular weight excluding hydrogens is 466 g/mol. The second-order valence-corrected chi connectivity index (χ2v) is 9.91. The molecule has 0 bridgehead atoms. The third-order valence-electron chi connectivity index (χ3n) is 5.69. The van der Waals surface area contributed by atoms with Crippen molar-refractivity contribution in [2.24, 2.45) is 11.0 Å². The van der Waals surface area contributed by atoms with E-state index in [0.717, 1.165) is 0 Å². The molecule has 0 aromatic heterocycles. The molecule has 1 aliphatic heterocycles. The normalized spacial score (nSPS) is 16.4. The maximum atomic E-state index is 12.8. The highest BCUT2D eigenvalue weighted by molar-refractivity contribution is 6.00. The van der Waals surface area contributed by atoms with E-state index in [1.165, 1.54) is 6.21 Å². The van der Waals surface area contributed by atoms with E-state index >= 15 is 0 Å². The number of likely N-dealkylation sites (tertiary alicyclic amines) is 1.